The van der Waals surface area contributed by atoms with Gasteiger partial charge in [-0.25, -0.2) is 4.98 Å². The lowest BCUT2D eigenvalue weighted by Gasteiger charge is -2.05. The monoisotopic (exact) mass is 232 g/mol. The number of hydrogen-bond acceptors (Lipinski definition) is 4. The predicted molar refractivity (Wildman–Crippen MR) is 61.9 cm³/mol. The van der Waals surface area contributed by atoms with Crippen molar-refractivity contribution in [3.05, 3.63) is 35.4 Å². The van der Waals surface area contributed by atoms with Gasteiger partial charge in [0, 0.05) is 6.20 Å². The van der Waals surface area contributed by atoms with Crippen molar-refractivity contribution in [1.29, 1.82) is 0 Å². The Kier molecular flexibility index (Phi) is 2.78. The van der Waals surface area contributed by atoms with Gasteiger partial charge in [-0.05, 0) is 26.0 Å². The fourth-order valence-electron chi connectivity index (χ4n) is 1.48. The fraction of sp³-hybridized carbons (Fsp3) is 0.182. The van der Waals surface area contributed by atoms with Gasteiger partial charge >= 0.3 is 0 Å². The Morgan fingerprint density at radius 2 is 2.24 bits per heavy atom. The molecule has 2 rings (SSSR count). The topological polar surface area (TPSA) is 90.9 Å². The lowest BCUT2D eigenvalue weighted by atomic mass is 10.2. The summed E-state index contributed by atoms with van der Waals surface area (Å²) in [4.78, 5) is 15.7. The van der Waals surface area contributed by atoms with Crippen LogP contribution in [0.1, 0.15) is 21.9 Å². The molecule has 0 radical (unpaired) electrons. The van der Waals surface area contributed by atoms with E-state index in [1.807, 2.05) is 0 Å². The summed E-state index contributed by atoms with van der Waals surface area (Å²) in [5.74, 6) is -0.612. The first-order valence-electron chi connectivity index (χ1n) is 5.06. The maximum Gasteiger partial charge on any atom is 0.278 e. The summed E-state index contributed by atoms with van der Waals surface area (Å²) in [7, 11) is 0. The van der Waals surface area contributed by atoms with Crippen molar-refractivity contribution >= 4 is 11.6 Å². The average Bonchev–Trinajstić information content (AvgIpc) is 2.61. The van der Waals surface area contributed by atoms with E-state index in [4.69, 9.17) is 0 Å². The van der Waals surface area contributed by atoms with E-state index in [-0.39, 0.29) is 11.4 Å². The zero-order chi connectivity index (χ0) is 12.4. The number of aryl methyl sites for hydroxylation is 2. The number of aromatic nitrogens is 3. The summed E-state index contributed by atoms with van der Waals surface area (Å²) in [6.07, 6.45) is 1.45. The molecule has 0 bridgehead atoms. The van der Waals surface area contributed by atoms with Gasteiger partial charge in [0.15, 0.2) is 5.69 Å². The van der Waals surface area contributed by atoms with Crippen LogP contribution in [0.4, 0.5) is 5.69 Å². The smallest absolute Gasteiger partial charge is 0.278 e. The number of carbonyl (C=O) groups excluding carboxylic acids is 1. The lowest BCUT2D eigenvalue weighted by Crippen LogP contribution is -2.14. The van der Waals surface area contributed by atoms with Gasteiger partial charge in [0.25, 0.3) is 5.91 Å². The third kappa shape index (κ3) is 2.10. The number of nitrogens with one attached hydrogen (secondary N) is 2. The summed E-state index contributed by atoms with van der Waals surface area (Å²) >= 11 is 0. The average molecular weight is 232 g/mol. The van der Waals surface area contributed by atoms with Crippen LogP contribution in [-0.2, 0) is 0 Å². The molecular weight excluding hydrogens is 220 g/mol. The van der Waals surface area contributed by atoms with Gasteiger partial charge in [0.05, 0.1) is 17.1 Å². The van der Waals surface area contributed by atoms with E-state index < -0.39 is 5.91 Å². The number of anilines is 1. The van der Waals surface area contributed by atoms with E-state index in [1.165, 1.54) is 12.3 Å². The van der Waals surface area contributed by atoms with Gasteiger partial charge in [-0.3, -0.25) is 9.89 Å². The van der Waals surface area contributed by atoms with Crippen LogP contribution in [0, 0.1) is 13.8 Å². The maximum absolute atomic E-state index is 11.9. The molecule has 1 amide bonds. The molecule has 0 unspecified atom stereocenters. The van der Waals surface area contributed by atoms with E-state index in [0.717, 1.165) is 5.69 Å². The molecule has 0 atom stereocenters. The van der Waals surface area contributed by atoms with Crippen LogP contribution in [0.2, 0.25) is 0 Å². The van der Waals surface area contributed by atoms with Crippen LogP contribution in [0.3, 0.4) is 0 Å². The van der Waals surface area contributed by atoms with Crippen molar-refractivity contribution in [1.82, 2.24) is 15.2 Å². The highest BCUT2D eigenvalue weighted by Crippen LogP contribution is 2.19. The van der Waals surface area contributed by atoms with Crippen LogP contribution < -0.4 is 5.32 Å². The van der Waals surface area contributed by atoms with Gasteiger partial charge < -0.3 is 10.4 Å². The second-order valence-electron chi connectivity index (χ2n) is 3.63. The Bertz CT molecular complexity index is 543. The number of aromatic hydroxyl groups is 1. The summed E-state index contributed by atoms with van der Waals surface area (Å²) in [6, 6.07) is 2.97. The highest BCUT2D eigenvalue weighted by atomic mass is 16.3. The van der Waals surface area contributed by atoms with E-state index in [0.29, 0.717) is 11.4 Å². The van der Waals surface area contributed by atoms with Crippen LogP contribution in [0.5, 0.6) is 5.75 Å². The van der Waals surface area contributed by atoms with E-state index in [2.05, 4.69) is 20.5 Å². The lowest BCUT2D eigenvalue weighted by molar-refractivity contribution is 0.101. The molecular formula is C11H12N4O2. The molecule has 3 N–H and O–H groups in total. The molecule has 0 saturated heterocycles. The first kappa shape index (κ1) is 11.1. The Labute approximate surface area is 97.7 Å². The van der Waals surface area contributed by atoms with Gasteiger partial charge in [-0.1, -0.05) is 0 Å². The number of rotatable bonds is 2. The molecule has 0 saturated carbocycles. The molecule has 0 spiro atoms. The zero-order valence-electron chi connectivity index (χ0n) is 9.48. The number of hydrogen-bond donors (Lipinski definition) is 3. The van der Waals surface area contributed by atoms with Crippen molar-refractivity contribution in [2.75, 3.05) is 5.32 Å². The first-order valence-corrected chi connectivity index (χ1v) is 5.06. The second kappa shape index (κ2) is 4.25. The van der Waals surface area contributed by atoms with Crippen molar-refractivity contribution in [3.8, 4) is 5.75 Å². The number of amides is 1. The predicted octanol–water partition coefficient (Wildman–Crippen LogP) is 1.38. The highest BCUT2D eigenvalue weighted by molar-refractivity contribution is 6.05. The number of nitrogens with zero attached hydrogens (tertiary/aromatic N) is 2. The van der Waals surface area contributed by atoms with Crippen LogP contribution in [0.25, 0.3) is 0 Å². The largest absolute Gasteiger partial charge is 0.505 e. The van der Waals surface area contributed by atoms with Crippen LogP contribution in [-0.4, -0.2) is 26.2 Å². The van der Waals surface area contributed by atoms with Gasteiger partial charge in [0.1, 0.15) is 5.75 Å². The van der Waals surface area contributed by atoms with E-state index >= 15 is 0 Å². The van der Waals surface area contributed by atoms with Crippen LogP contribution >= 0.6 is 0 Å². The standard InChI is InChI=1S/C11H12N4O2/c1-6-9(7(2)15-14-6)13-11(17)10-8(16)4-3-5-12-10/h3-5,16H,1-2H3,(H,13,17)(H,14,15). The normalized spacial score (nSPS) is 10.2. The molecule has 6 nitrogen and oxygen atoms in total. The molecule has 88 valence electrons. The minimum Gasteiger partial charge on any atom is -0.505 e. The molecule has 0 aromatic carbocycles. The maximum atomic E-state index is 11.9. The minimum absolute atomic E-state index is 0.00694. The highest BCUT2D eigenvalue weighted by Gasteiger charge is 2.15. The first-order chi connectivity index (χ1) is 8.09. The van der Waals surface area contributed by atoms with E-state index in [1.54, 1.807) is 19.9 Å². The molecule has 6 heteroatoms. The molecule has 0 aliphatic heterocycles. The third-order valence-electron chi connectivity index (χ3n) is 2.37. The Morgan fingerprint density at radius 1 is 1.47 bits per heavy atom. The molecule has 2 aromatic heterocycles. The molecule has 2 heterocycles. The zero-order valence-corrected chi connectivity index (χ0v) is 9.48. The number of H-pyrrole nitrogens is 1. The number of carbonyl (C=O) groups is 1. The van der Waals surface area contributed by atoms with Crippen molar-refractivity contribution in [2.45, 2.75) is 13.8 Å². The quantitative estimate of drug-likeness (QED) is 0.729. The van der Waals surface area contributed by atoms with E-state index in [9.17, 15) is 9.90 Å². The number of aromatic amines is 1. The molecule has 0 aliphatic rings. The van der Waals surface area contributed by atoms with Crippen molar-refractivity contribution in [2.24, 2.45) is 0 Å². The number of pyridine rings is 1. The second-order valence-corrected chi connectivity index (χ2v) is 3.63. The Morgan fingerprint density at radius 3 is 2.82 bits per heavy atom. The van der Waals surface area contributed by atoms with Gasteiger partial charge in [-0.2, -0.15) is 5.10 Å². The summed E-state index contributed by atoms with van der Waals surface area (Å²) in [5, 5.41) is 18.9. The van der Waals surface area contributed by atoms with Gasteiger partial charge in [-0.15, -0.1) is 0 Å². The summed E-state index contributed by atoms with van der Waals surface area (Å²) < 4.78 is 0. The molecule has 2 aromatic rings. The Balaban J connectivity index is 2.27. The Hall–Kier alpha value is -2.37. The summed E-state index contributed by atoms with van der Waals surface area (Å²) in [5.41, 5.74) is 2.05. The molecule has 17 heavy (non-hydrogen) atoms. The van der Waals surface area contributed by atoms with Crippen LogP contribution in [0.15, 0.2) is 18.3 Å². The van der Waals surface area contributed by atoms with Crippen molar-refractivity contribution < 1.29 is 9.90 Å². The SMILES string of the molecule is Cc1n[nH]c(C)c1NC(=O)c1ncccc1O. The minimum atomic E-state index is -0.462. The fourth-order valence-corrected chi connectivity index (χ4v) is 1.48. The summed E-state index contributed by atoms with van der Waals surface area (Å²) in [6.45, 7) is 3.57. The van der Waals surface area contributed by atoms with Crippen molar-refractivity contribution in [3.63, 3.8) is 0 Å². The third-order valence-corrected chi connectivity index (χ3v) is 2.37. The molecule has 0 aliphatic carbocycles. The molecule has 0 fully saturated rings. The van der Waals surface area contributed by atoms with Gasteiger partial charge in [0.2, 0.25) is 0 Å².